The first-order valence-electron chi connectivity index (χ1n) is 4.70. The number of halogens is 2. The Morgan fingerprint density at radius 2 is 2.06 bits per heavy atom. The fraction of sp³-hybridized carbons (Fsp3) is 0.100. The monoisotopic (exact) mass is 334 g/mol. The van der Waals surface area contributed by atoms with Crippen LogP contribution < -0.4 is 5.73 Å². The van der Waals surface area contributed by atoms with Crippen molar-refractivity contribution in [3.63, 3.8) is 0 Å². The number of rotatable bonds is 2. The van der Waals surface area contributed by atoms with E-state index < -0.39 is 15.7 Å². The van der Waals surface area contributed by atoms with Gasteiger partial charge < -0.3 is 10.3 Å². The van der Waals surface area contributed by atoms with Gasteiger partial charge in [0, 0.05) is 22.4 Å². The molecule has 0 spiro atoms. The van der Waals surface area contributed by atoms with Gasteiger partial charge in [0.05, 0.1) is 0 Å². The predicted molar refractivity (Wildman–Crippen MR) is 67.1 cm³/mol. The summed E-state index contributed by atoms with van der Waals surface area (Å²) in [6.45, 7) is 0. The van der Waals surface area contributed by atoms with E-state index >= 15 is 0 Å². The Morgan fingerprint density at radius 3 is 2.50 bits per heavy atom. The molecule has 5 nitrogen and oxygen atoms in total. The third-order valence-corrected chi connectivity index (χ3v) is 4.24. The van der Waals surface area contributed by atoms with Gasteiger partial charge in [0.15, 0.2) is 9.84 Å². The lowest BCUT2D eigenvalue weighted by molar-refractivity contribution is 0.439. The van der Waals surface area contributed by atoms with Gasteiger partial charge in [-0.25, -0.2) is 12.8 Å². The molecule has 2 aromatic rings. The summed E-state index contributed by atoms with van der Waals surface area (Å²) in [4.78, 5) is -0.386. The summed E-state index contributed by atoms with van der Waals surface area (Å²) < 4.78 is 41.4. The first-order valence-corrected chi connectivity index (χ1v) is 7.39. The molecule has 0 aliphatic heterocycles. The highest BCUT2D eigenvalue weighted by molar-refractivity contribution is 9.10. The molecule has 0 bridgehead atoms. The lowest BCUT2D eigenvalue weighted by Gasteiger charge is -2.05. The summed E-state index contributed by atoms with van der Waals surface area (Å²) in [7, 11) is -3.65. The number of hydrogen-bond donors (Lipinski definition) is 1. The number of anilines is 1. The summed E-state index contributed by atoms with van der Waals surface area (Å²) >= 11 is 3.03. The predicted octanol–water partition coefficient (Wildman–Crippen LogP) is 2.23. The standard InChI is InChI=1S/C10H8BrFN2O3S/c1-18(15,16)10-6(11)2-5(3-7(10)12)8-4-9(13)17-14-8/h2-4H,13H2,1H3. The van der Waals surface area contributed by atoms with Crippen LogP contribution in [0.15, 0.2) is 32.1 Å². The van der Waals surface area contributed by atoms with Gasteiger partial charge in [-0.2, -0.15) is 0 Å². The number of benzene rings is 1. The number of nitrogens with two attached hydrogens (primary N) is 1. The van der Waals surface area contributed by atoms with Crippen LogP contribution in [0.4, 0.5) is 10.3 Å². The molecule has 0 radical (unpaired) electrons. The minimum absolute atomic E-state index is 0.0914. The van der Waals surface area contributed by atoms with Gasteiger partial charge in [-0.1, -0.05) is 5.16 Å². The lowest BCUT2D eigenvalue weighted by atomic mass is 10.1. The Kier molecular flexibility index (Phi) is 3.16. The SMILES string of the molecule is CS(=O)(=O)c1c(F)cc(-c2cc(N)on2)cc1Br. The third-order valence-electron chi connectivity index (χ3n) is 2.19. The van der Waals surface area contributed by atoms with E-state index in [0.29, 0.717) is 11.3 Å². The maximum absolute atomic E-state index is 13.8. The van der Waals surface area contributed by atoms with Crippen molar-refractivity contribution in [2.45, 2.75) is 4.90 Å². The van der Waals surface area contributed by atoms with Crippen LogP contribution >= 0.6 is 15.9 Å². The van der Waals surface area contributed by atoms with E-state index in [-0.39, 0.29) is 15.3 Å². The molecule has 0 saturated heterocycles. The molecule has 1 heterocycles. The summed E-state index contributed by atoms with van der Waals surface area (Å²) in [6.07, 6.45) is 0.934. The molecular weight excluding hydrogens is 327 g/mol. The summed E-state index contributed by atoms with van der Waals surface area (Å²) in [5.41, 5.74) is 6.05. The number of aromatic nitrogens is 1. The van der Waals surface area contributed by atoms with Gasteiger partial charge in [-0.05, 0) is 28.1 Å². The van der Waals surface area contributed by atoms with Crippen molar-refractivity contribution >= 4 is 31.7 Å². The fourth-order valence-electron chi connectivity index (χ4n) is 1.49. The number of hydrogen-bond acceptors (Lipinski definition) is 5. The van der Waals surface area contributed by atoms with Crippen molar-refractivity contribution in [2.75, 3.05) is 12.0 Å². The maximum Gasteiger partial charge on any atom is 0.222 e. The zero-order chi connectivity index (χ0) is 13.5. The number of sulfone groups is 1. The average molecular weight is 335 g/mol. The van der Waals surface area contributed by atoms with Crippen LogP contribution in [0.2, 0.25) is 0 Å². The zero-order valence-electron chi connectivity index (χ0n) is 9.15. The Morgan fingerprint density at radius 1 is 1.39 bits per heavy atom. The van der Waals surface area contributed by atoms with E-state index in [1.165, 1.54) is 12.1 Å². The van der Waals surface area contributed by atoms with Crippen molar-refractivity contribution in [1.82, 2.24) is 5.16 Å². The normalized spacial score (nSPS) is 11.7. The minimum atomic E-state index is -3.65. The van der Waals surface area contributed by atoms with E-state index in [4.69, 9.17) is 5.73 Å². The third kappa shape index (κ3) is 2.39. The van der Waals surface area contributed by atoms with Crippen molar-refractivity contribution in [3.8, 4) is 11.3 Å². The van der Waals surface area contributed by atoms with Gasteiger partial charge in [0.1, 0.15) is 16.4 Å². The second kappa shape index (κ2) is 4.36. The van der Waals surface area contributed by atoms with E-state index in [1.54, 1.807) is 0 Å². The summed E-state index contributed by atoms with van der Waals surface area (Å²) in [5, 5.41) is 3.62. The minimum Gasteiger partial charge on any atom is -0.368 e. The van der Waals surface area contributed by atoms with E-state index in [1.807, 2.05) is 0 Å². The quantitative estimate of drug-likeness (QED) is 0.909. The van der Waals surface area contributed by atoms with Crippen LogP contribution in [-0.4, -0.2) is 19.8 Å². The fourth-order valence-corrected chi connectivity index (χ4v) is 3.63. The van der Waals surface area contributed by atoms with Crippen LogP contribution in [0.5, 0.6) is 0 Å². The van der Waals surface area contributed by atoms with Gasteiger partial charge in [0.25, 0.3) is 0 Å². The molecule has 1 aromatic heterocycles. The molecule has 1 aromatic carbocycles. The van der Waals surface area contributed by atoms with Crippen LogP contribution in [0.1, 0.15) is 0 Å². The smallest absolute Gasteiger partial charge is 0.222 e. The second-order valence-corrected chi connectivity index (χ2v) is 6.46. The van der Waals surface area contributed by atoms with Gasteiger partial charge >= 0.3 is 0 Å². The second-order valence-electron chi connectivity index (χ2n) is 3.66. The topological polar surface area (TPSA) is 86.2 Å². The Hall–Kier alpha value is -1.41. The molecule has 0 amide bonds. The highest BCUT2D eigenvalue weighted by Gasteiger charge is 2.20. The lowest BCUT2D eigenvalue weighted by Crippen LogP contribution is -2.02. The molecule has 0 saturated carbocycles. The molecule has 0 aliphatic rings. The Labute approximate surface area is 111 Å². The van der Waals surface area contributed by atoms with Gasteiger partial charge in [-0.15, -0.1) is 0 Å². The first-order chi connectivity index (χ1) is 8.29. The number of nitrogen functional groups attached to an aromatic ring is 1. The van der Waals surface area contributed by atoms with Crippen molar-refractivity contribution in [3.05, 3.63) is 28.5 Å². The molecule has 18 heavy (non-hydrogen) atoms. The Balaban J connectivity index is 2.63. The molecular formula is C10H8BrFN2O3S. The molecule has 96 valence electrons. The largest absolute Gasteiger partial charge is 0.368 e. The van der Waals surface area contributed by atoms with E-state index in [9.17, 15) is 12.8 Å². The highest BCUT2D eigenvalue weighted by atomic mass is 79.9. The zero-order valence-corrected chi connectivity index (χ0v) is 11.5. The van der Waals surface area contributed by atoms with Crippen LogP contribution in [0, 0.1) is 5.82 Å². The molecule has 0 aliphatic carbocycles. The van der Waals surface area contributed by atoms with Crippen molar-refractivity contribution in [1.29, 1.82) is 0 Å². The van der Waals surface area contributed by atoms with E-state index in [2.05, 4.69) is 25.6 Å². The van der Waals surface area contributed by atoms with Gasteiger partial charge in [-0.3, -0.25) is 0 Å². The molecule has 0 fully saturated rings. The van der Waals surface area contributed by atoms with Crippen LogP contribution in [-0.2, 0) is 9.84 Å². The highest BCUT2D eigenvalue weighted by Crippen LogP contribution is 2.31. The van der Waals surface area contributed by atoms with Crippen molar-refractivity contribution < 1.29 is 17.3 Å². The molecule has 0 unspecified atom stereocenters. The van der Waals surface area contributed by atoms with E-state index in [0.717, 1.165) is 12.3 Å². The Bertz CT molecular complexity index is 689. The molecule has 0 atom stereocenters. The van der Waals surface area contributed by atoms with Crippen LogP contribution in [0.3, 0.4) is 0 Å². The number of nitrogens with zero attached hydrogens (tertiary/aromatic N) is 1. The maximum atomic E-state index is 13.8. The molecule has 2 rings (SSSR count). The molecule has 8 heteroatoms. The van der Waals surface area contributed by atoms with Crippen LogP contribution in [0.25, 0.3) is 11.3 Å². The summed E-state index contributed by atoms with van der Waals surface area (Å²) in [5.74, 6) is -0.767. The van der Waals surface area contributed by atoms with Crippen molar-refractivity contribution in [2.24, 2.45) is 0 Å². The van der Waals surface area contributed by atoms with Gasteiger partial charge in [0.2, 0.25) is 5.88 Å². The molecule has 2 N–H and O–H groups in total. The average Bonchev–Trinajstić information content (AvgIpc) is 2.61. The summed E-state index contributed by atoms with van der Waals surface area (Å²) in [6, 6.07) is 3.93. The first kappa shape index (κ1) is 13.0.